The number of carbonyl (C=O) groups is 5. The number of hydrogen-bond donors (Lipinski definition) is 7. The number of nitrogens with two attached hydrogens (primary N) is 1. The molecule has 326 valence electrons. The van der Waals surface area contributed by atoms with Crippen LogP contribution >= 0.6 is 0 Å². The molecule has 1 aliphatic heterocycles. The Kier molecular flexibility index (Phi) is 16.0. The number of aromatic nitrogens is 1. The largest absolute Gasteiger partial charge is 0.464 e. The fourth-order valence-electron chi connectivity index (χ4n) is 6.72. The van der Waals surface area contributed by atoms with E-state index in [2.05, 4.69) is 26.3 Å². The molecule has 1 saturated heterocycles. The molecule has 61 heavy (non-hydrogen) atoms. The average Bonchev–Trinajstić information content (AvgIpc) is 3.23. The third kappa shape index (κ3) is 11.9. The Morgan fingerprint density at radius 3 is 2.36 bits per heavy atom. The van der Waals surface area contributed by atoms with Gasteiger partial charge in [-0.15, -0.1) is 0 Å². The maximum absolute atomic E-state index is 13.2. The summed E-state index contributed by atoms with van der Waals surface area (Å²) in [5.41, 5.74) is 7.62. The number of non-ortho nitro benzene ring substituents is 1. The second-order valence-corrected chi connectivity index (χ2v) is 14.3. The number of ether oxygens (including phenoxy) is 4. The Labute approximate surface area is 349 Å². The molecule has 5 rings (SSSR count). The standard InChI is InChI=1S/C41H49N7O13/c1-22(44-40(55)23(2)60-37-35(45-24(3)50)41(61-31(20-49)36(37)52)59-21-25-10-5-4-6-11-25)39(54)47-29(38(42)53)16-17-32(51)58-19-18-43-34-26-12-7-8-13-27(26)46-28-14-9-15-30(33(28)34)48(56)57/h4-15,22-23,29,31,35-37,41,49,52H,16-21H2,1-3H3,(H2,42,53)(H,43,46)(H,44,55)(H,45,50)(H,47,54)/t22-,23+,29-,31+,35-,36-,37+,41+/m0/s1. The minimum Gasteiger partial charge on any atom is -0.464 e. The molecule has 8 atom stereocenters. The van der Waals surface area contributed by atoms with Crippen molar-refractivity contribution in [1.82, 2.24) is 20.9 Å². The number of aliphatic hydroxyl groups excluding tert-OH is 2. The summed E-state index contributed by atoms with van der Waals surface area (Å²) in [6.45, 7) is 3.26. The van der Waals surface area contributed by atoms with E-state index in [4.69, 9.17) is 24.7 Å². The lowest BCUT2D eigenvalue weighted by molar-refractivity contribution is -0.383. The molecule has 0 radical (unpaired) electrons. The molecule has 0 bridgehead atoms. The highest BCUT2D eigenvalue weighted by Crippen LogP contribution is 2.36. The number of hydrogen-bond acceptors (Lipinski definition) is 15. The molecule has 0 unspecified atom stereocenters. The Bertz CT molecular complexity index is 2210. The minimum absolute atomic E-state index is 0.0504. The molecule has 4 amide bonds. The Hall–Kier alpha value is -6.32. The molecule has 20 heteroatoms. The van der Waals surface area contributed by atoms with E-state index in [0.29, 0.717) is 27.5 Å². The number of para-hydroxylation sites is 1. The van der Waals surface area contributed by atoms with Gasteiger partial charge >= 0.3 is 5.97 Å². The summed E-state index contributed by atoms with van der Waals surface area (Å²) >= 11 is 0. The zero-order valence-electron chi connectivity index (χ0n) is 33.6. The first-order chi connectivity index (χ1) is 29.2. The third-order valence-corrected chi connectivity index (χ3v) is 9.81. The molecule has 3 aromatic carbocycles. The number of primary amides is 1. The van der Waals surface area contributed by atoms with Crippen LogP contribution in [0.2, 0.25) is 0 Å². The first-order valence-electron chi connectivity index (χ1n) is 19.5. The number of aliphatic hydroxyl groups is 2. The molecule has 0 spiro atoms. The van der Waals surface area contributed by atoms with E-state index in [1.54, 1.807) is 60.7 Å². The van der Waals surface area contributed by atoms with Gasteiger partial charge in [-0.25, -0.2) is 4.98 Å². The summed E-state index contributed by atoms with van der Waals surface area (Å²) in [6, 6.07) is 17.0. The van der Waals surface area contributed by atoms with Crippen LogP contribution in [0.5, 0.6) is 0 Å². The number of rotatable bonds is 20. The van der Waals surface area contributed by atoms with Crippen LogP contribution in [-0.4, -0.2) is 118 Å². The summed E-state index contributed by atoms with van der Waals surface area (Å²) in [6.07, 6.45) is -7.11. The van der Waals surface area contributed by atoms with Crippen LogP contribution in [0.15, 0.2) is 72.8 Å². The third-order valence-electron chi connectivity index (χ3n) is 9.81. The molecule has 1 fully saturated rings. The van der Waals surface area contributed by atoms with Crippen LogP contribution < -0.4 is 27.0 Å². The maximum Gasteiger partial charge on any atom is 0.305 e. The number of amides is 4. The summed E-state index contributed by atoms with van der Waals surface area (Å²) in [5, 5.41) is 44.4. The average molecular weight is 848 g/mol. The van der Waals surface area contributed by atoms with Gasteiger partial charge in [0.2, 0.25) is 23.6 Å². The van der Waals surface area contributed by atoms with Gasteiger partial charge in [0.25, 0.3) is 5.69 Å². The number of nitro benzene ring substituents is 1. The lowest BCUT2D eigenvalue weighted by atomic mass is 9.96. The maximum atomic E-state index is 13.2. The number of carbonyl (C=O) groups excluding carboxylic acids is 5. The molecule has 0 aliphatic carbocycles. The lowest BCUT2D eigenvalue weighted by Gasteiger charge is -2.44. The van der Waals surface area contributed by atoms with Gasteiger partial charge in [-0.1, -0.05) is 54.6 Å². The molecule has 1 aromatic heterocycles. The van der Waals surface area contributed by atoms with Crippen LogP contribution in [0.1, 0.15) is 39.2 Å². The SMILES string of the molecule is CC(=O)N[C@@H]1[C@H](OCc2ccccc2)O[C@H](CO)[C@H](O)[C@@H]1O[C@H](C)C(=O)N[C@@H](C)C(=O)N[C@@H](CCC(=O)OCCNc1c2ccccc2nc2cccc([N+](=O)[O-])c12)C(N)=O. The fraction of sp³-hybridized carbons (Fsp3) is 0.415. The van der Waals surface area contributed by atoms with Crippen LogP contribution in [0.4, 0.5) is 11.4 Å². The van der Waals surface area contributed by atoms with Gasteiger partial charge in [-0.3, -0.25) is 34.1 Å². The summed E-state index contributed by atoms with van der Waals surface area (Å²) < 4.78 is 22.9. The molecule has 20 nitrogen and oxygen atoms in total. The molecule has 1 aliphatic rings. The predicted octanol–water partition coefficient (Wildman–Crippen LogP) is 1.08. The van der Waals surface area contributed by atoms with Gasteiger partial charge in [-0.05, 0) is 38.0 Å². The van der Waals surface area contributed by atoms with Crippen LogP contribution in [0.3, 0.4) is 0 Å². The van der Waals surface area contributed by atoms with Crippen molar-refractivity contribution < 1.29 is 58.1 Å². The second kappa shape index (κ2) is 21.3. The van der Waals surface area contributed by atoms with Crippen LogP contribution in [0.25, 0.3) is 21.8 Å². The number of nitrogens with one attached hydrogen (secondary N) is 4. The Balaban J connectivity index is 1.12. The van der Waals surface area contributed by atoms with E-state index < -0.39 is 90.0 Å². The number of anilines is 1. The molecule has 8 N–H and O–H groups in total. The molecule has 2 heterocycles. The normalized spacial score (nSPS) is 20.2. The van der Waals surface area contributed by atoms with Gasteiger partial charge in [0.05, 0.1) is 34.9 Å². The number of nitrogens with zero attached hydrogens (tertiary/aromatic N) is 2. The van der Waals surface area contributed by atoms with Gasteiger partial charge in [-0.2, -0.15) is 0 Å². The first kappa shape index (κ1) is 45.8. The number of pyridine rings is 1. The summed E-state index contributed by atoms with van der Waals surface area (Å²) in [7, 11) is 0. The highest BCUT2D eigenvalue weighted by atomic mass is 16.7. The number of fused-ring (bicyclic) bond motifs is 2. The topological polar surface area (TPSA) is 293 Å². The predicted molar refractivity (Wildman–Crippen MR) is 218 cm³/mol. The van der Waals surface area contributed by atoms with E-state index in [-0.39, 0.29) is 38.3 Å². The van der Waals surface area contributed by atoms with E-state index in [0.717, 1.165) is 5.56 Å². The van der Waals surface area contributed by atoms with Gasteiger partial charge < -0.3 is 56.2 Å². The van der Waals surface area contributed by atoms with Crippen LogP contribution in [-0.2, 0) is 49.5 Å². The molecular formula is C41H49N7O13. The number of nitro groups is 1. The van der Waals surface area contributed by atoms with E-state index in [1.165, 1.54) is 26.8 Å². The van der Waals surface area contributed by atoms with Crippen molar-refractivity contribution in [1.29, 1.82) is 0 Å². The number of esters is 1. The van der Waals surface area contributed by atoms with Crippen LogP contribution in [0, 0.1) is 10.1 Å². The smallest absolute Gasteiger partial charge is 0.305 e. The van der Waals surface area contributed by atoms with Crippen molar-refractivity contribution >= 4 is 62.8 Å². The number of benzene rings is 3. The van der Waals surface area contributed by atoms with E-state index in [9.17, 15) is 44.3 Å². The molecular weight excluding hydrogens is 798 g/mol. The van der Waals surface area contributed by atoms with Gasteiger partial charge in [0.15, 0.2) is 6.29 Å². The summed E-state index contributed by atoms with van der Waals surface area (Å²) in [4.78, 5) is 79.3. The van der Waals surface area contributed by atoms with Crippen molar-refractivity contribution in [3.63, 3.8) is 0 Å². The van der Waals surface area contributed by atoms with Crippen molar-refractivity contribution in [2.24, 2.45) is 5.73 Å². The van der Waals surface area contributed by atoms with Gasteiger partial charge in [0, 0.05) is 31.3 Å². The van der Waals surface area contributed by atoms with E-state index in [1.807, 2.05) is 6.07 Å². The van der Waals surface area contributed by atoms with Crippen molar-refractivity contribution in [3.8, 4) is 0 Å². The fourth-order valence-corrected chi connectivity index (χ4v) is 6.72. The van der Waals surface area contributed by atoms with Crippen molar-refractivity contribution in [2.75, 3.05) is 25.1 Å². The highest BCUT2D eigenvalue weighted by Gasteiger charge is 2.48. The highest BCUT2D eigenvalue weighted by molar-refractivity contribution is 6.11. The minimum atomic E-state index is -1.51. The van der Waals surface area contributed by atoms with Crippen molar-refractivity contribution in [2.45, 2.75) is 89.1 Å². The van der Waals surface area contributed by atoms with E-state index >= 15 is 0 Å². The lowest BCUT2D eigenvalue weighted by Crippen LogP contribution is -2.66. The first-order valence-corrected chi connectivity index (χ1v) is 19.5. The zero-order chi connectivity index (χ0) is 44.2. The molecule has 0 saturated carbocycles. The quantitative estimate of drug-likeness (QED) is 0.0215. The van der Waals surface area contributed by atoms with Crippen molar-refractivity contribution in [3.05, 3.63) is 88.5 Å². The zero-order valence-corrected chi connectivity index (χ0v) is 33.6. The molecule has 4 aromatic rings. The second-order valence-electron chi connectivity index (χ2n) is 14.3. The monoisotopic (exact) mass is 847 g/mol. The Morgan fingerprint density at radius 2 is 1.67 bits per heavy atom. The Morgan fingerprint density at radius 1 is 0.967 bits per heavy atom. The summed E-state index contributed by atoms with van der Waals surface area (Å²) in [5.74, 6) is -3.80. The van der Waals surface area contributed by atoms with Gasteiger partial charge in [0.1, 0.15) is 54.5 Å².